The van der Waals surface area contributed by atoms with Crippen LogP contribution in [-0.4, -0.2) is 15.5 Å². The maximum absolute atomic E-state index is 12.6. The van der Waals surface area contributed by atoms with Crippen LogP contribution in [0.2, 0.25) is 10.0 Å². The Bertz CT molecular complexity index is 927. The number of aryl methyl sites for hydroxylation is 1. The van der Waals surface area contributed by atoms with Crippen molar-refractivity contribution < 1.29 is 13.2 Å². The quantitative estimate of drug-likeness (QED) is 0.621. The molecule has 0 amide bonds. The van der Waals surface area contributed by atoms with Crippen molar-refractivity contribution in [2.75, 3.05) is 7.11 Å². The highest BCUT2D eigenvalue weighted by molar-refractivity contribution is 7.88. The van der Waals surface area contributed by atoms with E-state index in [4.69, 9.17) is 27.9 Å². The van der Waals surface area contributed by atoms with Crippen LogP contribution in [0.1, 0.15) is 55.0 Å². The molecule has 148 valence electrons. The second-order valence-electron chi connectivity index (χ2n) is 6.95. The minimum Gasteiger partial charge on any atom is -0.496 e. The molecule has 0 radical (unpaired) electrons. The third-order valence-corrected chi connectivity index (χ3v) is 6.57. The molecule has 4 nitrogen and oxygen atoms in total. The zero-order valence-corrected chi connectivity index (χ0v) is 18.5. The lowest BCUT2D eigenvalue weighted by atomic mass is 9.94. The van der Waals surface area contributed by atoms with Gasteiger partial charge in [0.15, 0.2) is 0 Å². The van der Waals surface area contributed by atoms with Crippen molar-refractivity contribution in [2.24, 2.45) is 0 Å². The summed E-state index contributed by atoms with van der Waals surface area (Å²) in [6, 6.07) is 8.43. The topological polar surface area (TPSA) is 55.4 Å². The Morgan fingerprint density at radius 3 is 2.26 bits per heavy atom. The van der Waals surface area contributed by atoms with Crippen molar-refractivity contribution >= 4 is 33.2 Å². The molecular weight excluding hydrogens is 405 g/mol. The third kappa shape index (κ3) is 5.61. The first-order chi connectivity index (χ1) is 12.5. The zero-order valence-electron chi connectivity index (χ0n) is 16.1. The minimum absolute atomic E-state index is 0.166. The summed E-state index contributed by atoms with van der Waals surface area (Å²) in [4.78, 5) is 0. The maximum atomic E-state index is 12.6. The first-order valence-electron chi connectivity index (χ1n) is 8.66. The predicted octanol–water partition coefficient (Wildman–Crippen LogP) is 5.61. The highest BCUT2D eigenvalue weighted by Crippen LogP contribution is 2.32. The van der Waals surface area contributed by atoms with Crippen molar-refractivity contribution in [2.45, 2.75) is 45.4 Å². The molecule has 0 saturated heterocycles. The van der Waals surface area contributed by atoms with E-state index in [1.165, 1.54) is 0 Å². The van der Waals surface area contributed by atoms with E-state index < -0.39 is 10.0 Å². The summed E-state index contributed by atoms with van der Waals surface area (Å²) in [5.74, 6) is 0.914. The third-order valence-electron chi connectivity index (χ3n) is 4.40. The normalized spacial score (nSPS) is 13.0. The summed E-state index contributed by atoms with van der Waals surface area (Å²) in [5.41, 5.74) is 3.53. The van der Waals surface area contributed by atoms with Gasteiger partial charge in [-0.1, -0.05) is 43.1 Å². The van der Waals surface area contributed by atoms with E-state index in [-0.39, 0.29) is 17.7 Å². The lowest BCUT2D eigenvalue weighted by molar-refractivity contribution is 0.406. The summed E-state index contributed by atoms with van der Waals surface area (Å²) in [5, 5.41) is 0.735. The van der Waals surface area contributed by atoms with Gasteiger partial charge < -0.3 is 4.74 Å². The van der Waals surface area contributed by atoms with Gasteiger partial charge in [-0.05, 0) is 66.3 Å². The van der Waals surface area contributed by atoms with Crippen molar-refractivity contribution in [1.82, 2.24) is 4.72 Å². The molecule has 0 heterocycles. The van der Waals surface area contributed by atoms with Crippen molar-refractivity contribution in [1.29, 1.82) is 0 Å². The van der Waals surface area contributed by atoms with Gasteiger partial charge in [-0.2, -0.15) is 0 Å². The van der Waals surface area contributed by atoms with Gasteiger partial charge in [0.1, 0.15) is 5.75 Å². The van der Waals surface area contributed by atoms with Gasteiger partial charge in [-0.25, -0.2) is 13.1 Å². The fourth-order valence-electron chi connectivity index (χ4n) is 3.03. The van der Waals surface area contributed by atoms with E-state index in [0.717, 1.165) is 22.4 Å². The van der Waals surface area contributed by atoms with Gasteiger partial charge in [0, 0.05) is 6.04 Å². The highest BCUT2D eigenvalue weighted by atomic mass is 35.5. The monoisotopic (exact) mass is 429 g/mol. The summed E-state index contributed by atoms with van der Waals surface area (Å²) in [6.07, 6.45) is 0. The van der Waals surface area contributed by atoms with Crippen LogP contribution in [0, 0.1) is 6.92 Å². The van der Waals surface area contributed by atoms with Crippen LogP contribution >= 0.6 is 23.2 Å². The molecule has 7 heteroatoms. The smallest absolute Gasteiger partial charge is 0.216 e. The first kappa shape index (κ1) is 22.0. The SMILES string of the molecule is COc1cc(C)c(C(C)NS(=O)(=O)Cc2ccc(Cl)c(Cl)c2)cc1C(C)C. The van der Waals surface area contributed by atoms with Crippen LogP contribution < -0.4 is 9.46 Å². The fraction of sp³-hybridized carbons (Fsp3) is 0.400. The van der Waals surface area contributed by atoms with Crippen molar-refractivity contribution in [3.63, 3.8) is 0 Å². The molecule has 0 aliphatic rings. The van der Waals surface area contributed by atoms with Gasteiger partial charge in [-0.3, -0.25) is 0 Å². The summed E-state index contributed by atoms with van der Waals surface area (Å²) >= 11 is 11.9. The lowest BCUT2D eigenvalue weighted by Crippen LogP contribution is -2.28. The number of hydrogen-bond donors (Lipinski definition) is 1. The Hall–Kier alpha value is -1.27. The predicted molar refractivity (Wildman–Crippen MR) is 112 cm³/mol. The number of hydrogen-bond acceptors (Lipinski definition) is 3. The molecular formula is C20H25Cl2NO3S. The zero-order chi connectivity index (χ0) is 20.4. The van der Waals surface area contributed by atoms with Crippen LogP contribution in [0.25, 0.3) is 0 Å². The molecule has 0 aliphatic carbocycles. The van der Waals surface area contributed by atoms with E-state index in [1.54, 1.807) is 25.3 Å². The second kappa shape index (κ2) is 8.82. The maximum Gasteiger partial charge on any atom is 0.216 e. The van der Waals surface area contributed by atoms with Gasteiger partial charge >= 0.3 is 0 Å². The fourth-order valence-corrected chi connectivity index (χ4v) is 4.72. The second-order valence-corrected chi connectivity index (χ2v) is 9.52. The van der Waals surface area contributed by atoms with Gasteiger partial charge in [0.2, 0.25) is 10.0 Å². The Balaban J connectivity index is 2.25. The molecule has 0 aromatic heterocycles. The van der Waals surface area contributed by atoms with Crippen LogP contribution in [-0.2, 0) is 15.8 Å². The molecule has 0 aliphatic heterocycles. The molecule has 0 bridgehead atoms. The molecule has 1 unspecified atom stereocenters. The summed E-state index contributed by atoms with van der Waals surface area (Å²) in [6.45, 7) is 7.95. The molecule has 0 saturated carbocycles. The number of halogens is 2. The van der Waals surface area contributed by atoms with E-state index in [0.29, 0.717) is 15.6 Å². The van der Waals surface area contributed by atoms with Gasteiger partial charge in [0.05, 0.1) is 22.9 Å². The number of ether oxygens (including phenoxy) is 1. The Kier molecular flexibility index (Phi) is 7.20. The largest absolute Gasteiger partial charge is 0.496 e. The van der Waals surface area contributed by atoms with E-state index in [9.17, 15) is 8.42 Å². The average Bonchev–Trinajstić information content (AvgIpc) is 2.56. The molecule has 2 rings (SSSR count). The van der Waals surface area contributed by atoms with Crippen LogP contribution in [0.5, 0.6) is 5.75 Å². The molecule has 1 atom stereocenters. The Morgan fingerprint density at radius 1 is 1.04 bits per heavy atom. The molecule has 0 spiro atoms. The van der Waals surface area contributed by atoms with Crippen LogP contribution in [0.15, 0.2) is 30.3 Å². The van der Waals surface area contributed by atoms with Crippen molar-refractivity contribution in [3.05, 3.63) is 62.6 Å². The molecule has 0 fully saturated rings. The highest BCUT2D eigenvalue weighted by Gasteiger charge is 2.20. The average molecular weight is 430 g/mol. The molecule has 1 N–H and O–H groups in total. The minimum atomic E-state index is -3.56. The summed E-state index contributed by atoms with van der Waals surface area (Å²) in [7, 11) is -1.92. The Labute approximate surface area is 171 Å². The Morgan fingerprint density at radius 2 is 1.70 bits per heavy atom. The van der Waals surface area contributed by atoms with Crippen LogP contribution in [0.4, 0.5) is 0 Å². The van der Waals surface area contributed by atoms with Crippen LogP contribution in [0.3, 0.4) is 0 Å². The first-order valence-corrected chi connectivity index (χ1v) is 11.1. The summed E-state index contributed by atoms with van der Waals surface area (Å²) < 4.78 is 33.5. The number of sulfonamides is 1. The van der Waals surface area contributed by atoms with Gasteiger partial charge in [0.25, 0.3) is 0 Å². The molecule has 27 heavy (non-hydrogen) atoms. The van der Waals surface area contributed by atoms with Gasteiger partial charge in [-0.15, -0.1) is 0 Å². The number of nitrogens with one attached hydrogen (secondary N) is 1. The molecule has 2 aromatic rings. The molecule has 2 aromatic carbocycles. The van der Waals surface area contributed by atoms with E-state index >= 15 is 0 Å². The number of methoxy groups -OCH3 is 1. The standard InChI is InChI=1S/C20H25Cl2NO3S/c1-12(2)16-10-17(13(3)8-20(16)26-5)14(4)23-27(24,25)11-15-6-7-18(21)19(22)9-15/h6-10,12,14,23H,11H2,1-5H3. The van der Waals surface area contributed by atoms with E-state index in [2.05, 4.69) is 18.6 Å². The number of rotatable bonds is 7. The van der Waals surface area contributed by atoms with Crippen molar-refractivity contribution in [3.8, 4) is 5.75 Å². The lowest BCUT2D eigenvalue weighted by Gasteiger charge is -2.21. The number of benzene rings is 2. The van der Waals surface area contributed by atoms with E-state index in [1.807, 2.05) is 26.0 Å².